The van der Waals surface area contributed by atoms with Gasteiger partial charge < -0.3 is 33.8 Å². The largest absolute Gasteiger partial charge is 0.472 e. The maximum absolute atomic E-state index is 13.2. The fourth-order valence-corrected chi connectivity index (χ4v) is 15.3. The van der Waals surface area contributed by atoms with E-state index in [1.165, 1.54) is 270 Å². The predicted molar refractivity (Wildman–Crippen MR) is 441 cm³/mol. The Balaban J connectivity index is 5.23. The van der Waals surface area contributed by atoms with Crippen molar-refractivity contribution in [2.45, 2.75) is 484 Å². The summed E-state index contributed by atoms with van der Waals surface area (Å²) in [6, 6.07) is 0. The van der Waals surface area contributed by atoms with Crippen molar-refractivity contribution in [3.8, 4) is 0 Å². The first-order chi connectivity index (χ1) is 51.8. The summed E-state index contributed by atoms with van der Waals surface area (Å²) in [5.74, 6) is 0.234. The van der Waals surface area contributed by atoms with E-state index in [2.05, 4.69) is 48.5 Å². The lowest BCUT2D eigenvalue weighted by Crippen LogP contribution is -2.30. The molecule has 0 aliphatic rings. The maximum atomic E-state index is 13.2. The van der Waals surface area contributed by atoms with Gasteiger partial charge in [-0.2, -0.15) is 0 Å². The van der Waals surface area contributed by atoms with Gasteiger partial charge in [-0.25, -0.2) is 9.13 Å². The van der Waals surface area contributed by atoms with E-state index in [9.17, 15) is 43.2 Å². The molecule has 0 saturated heterocycles. The number of aliphatic hydroxyl groups is 1. The molecule has 17 nitrogen and oxygen atoms in total. The Morgan fingerprint density at radius 1 is 0.271 bits per heavy atom. The molecule has 636 valence electrons. The zero-order chi connectivity index (χ0) is 78.6. The van der Waals surface area contributed by atoms with Crippen LogP contribution in [0.25, 0.3) is 0 Å². The molecule has 0 bridgehead atoms. The third-order valence-corrected chi connectivity index (χ3v) is 22.9. The Morgan fingerprint density at radius 2 is 0.477 bits per heavy atom. The van der Waals surface area contributed by atoms with Gasteiger partial charge in [-0.1, -0.05) is 414 Å². The van der Waals surface area contributed by atoms with Gasteiger partial charge in [0.1, 0.15) is 19.3 Å². The van der Waals surface area contributed by atoms with E-state index in [0.717, 1.165) is 114 Å². The molecule has 107 heavy (non-hydrogen) atoms. The summed E-state index contributed by atoms with van der Waals surface area (Å²) in [6.07, 6.45) is 69.6. The first-order valence-corrected chi connectivity index (χ1v) is 48.4. The van der Waals surface area contributed by atoms with Crippen molar-refractivity contribution in [1.82, 2.24) is 0 Å². The van der Waals surface area contributed by atoms with Crippen LogP contribution in [0, 0.1) is 17.8 Å². The molecule has 0 aliphatic carbocycles. The fraction of sp³-hybridized carbons (Fsp3) is 0.955. The fourth-order valence-electron chi connectivity index (χ4n) is 13.7. The highest BCUT2D eigenvalue weighted by Crippen LogP contribution is 2.45. The van der Waals surface area contributed by atoms with Gasteiger partial charge in [-0.3, -0.25) is 37.3 Å². The van der Waals surface area contributed by atoms with E-state index in [1.54, 1.807) is 0 Å². The Hall–Kier alpha value is -1.94. The number of phosphoric ester groups is 2. The van der Waals surface area contributed by atoms with Gasteiger partial charge >= 0.3 is 39.5 Å². The summed E-state index contributed by atoms with van der Waals surface area (Å²) in [7, 11) is -9.93. The van der Waals surface area contributed by atoms with E-state index >= 15 is 0 Å². The normalized spacial score (nSPS) is 14.1. The SMILES string of the molecule is CCCCCCCCCCCCCCCCCCCCCCCC(=O)O[C@H](COC(=O)CCCCCCCCCCCCCCCCCCC(C)C)COP(=O)(O)OC[C@@H](O)COP(=O)(O)OC[C@@H](COC(=O)CCCCCCCCC(C)CC)OC(=O)CCCCCCCCCCCCCCCCC(C)C. The van der Waals surface area contributed by atoms with E-state index < -0.39 is 97.5 Å². The zero-order valence-corrected chi connectivity index (χ0v) is 72.4. The van der Waals surface area contributed by atoms with E-state index in [4.69, 9.17) is 37.0 Å². The highest BCUT2D eigenvalue weighted by Gasteiger charge is 2.31. The molecule has 0 aromatic rings. The van der Waals surface area contributed by atoms with Crippen LogP contribution in [0.1, 0.15) is 466 Å². The van der Waals surface area contributed by atoms with Crippen LogP contribution in [0.5, 0.6) is 0 Å². The number of ether oxygens (including phenoxy) is 4. The highest BCUT2D eigenvalue weighted by atomic mass is 31.2. The monoisotopic (exact) mass is 1560 g/mol. The number of unbranched alkanes of at least 4 members (excludes halogenated alkanes) is 53. The topological polar surface area (TPSA) is 237 Å². The van der Waals surface area contributed by atoms with Gasteiger partial charge in [0, 0.05) is 25.7 Å². The van der Waals surface area contributed by atoms with E-state index in [1.807, 2.05) is 0 Å². The molecule has 3 N–H and O–H groups in total. The van der Waals surface area contributed by atoms with Gasteiger partial charge in [0.15, 0.2) is 12.2 Å². The minimum absolute atomic E-state index is 0.107. The van der Waals surface area contributed by atoms with Crippen LogP contribution in [-0.4, -0.2) is 96.7 Å². The van der Waals surface area contributed by atoms with Crippen LogP contribution in [0.3, 0.4) is 0 Å². The maximum Gasteiger partial charge on any atom is 0.472 e. The second-order valence-corrected chi connectivity index (χ2v) is 35.7. The average molecular weight is 1560 g/mol. The molecule has 19 heteroatoms. The molecule has 0 spiro atoms. The van der Waals surface area contributed by atoms with Gasteiger partial charge in [-0.15, -0.1) is 0 Å². The molecule has 0 saturated carbocycles. The van der Waals surface area contributed by atoms with Crippen LogP contribution in [0.15, 0.2) is 0 Å². The predicted octanol–water partition coefficient (Wildman–Crippen LogP) is 26.9. The number of hydrogen-bond acceptors (Lipinski definition) is 15. The molecule has 0 amide bonds. The van der Waals surface area contributed by atoms with Crippen molar-refractivity contribution >= 4 is 39.5 Å². The average Bonchev–Trinajstić information content (AvgIpc) is 0.907. The number of carbonyl (C=O) groups excluding carboxylic acids is 4. The molecule has 0 aliphatic heterocycles. The molecule has 0 aromatic heterocycles. The summed E-state index contributed by atoms with van der Waals surface area (Å²) >= 11 is 0. The minimum atomic E-state index is -4.97. The standard InChI is InChI=1S/C88H172O17P2/c1-8-10-11-12-13-14-15-16-17-18-19-20-21-22-27-33-38-43-48-57-64-71-87(92)104-83(75-98-85(90)69-62-55-47-42-37-32-26-24-23-25-30-35-40-45-52-59-66-79(3)4)77-102-106(94,95)100-73-82(89)74-101-107(96,97)103-78-84(76-99-86(91)70-63-56-51-50-54-61-68-81(7)9-2)105-88(93)72-65-58-49-44-39-34-29-28-31-36-41-46-53-60-67-80(5)6/h79-84,89H,8-78H2,1-7H3,(H,94,95)(H,96,97)/t81?,82-,83-,84-/m1/s1. The van der Waals surface area contributed by atoms with Crippen LogP contribution in [0.2, 0.25) is 0 Å². The summed E-state index contributed by atoms with van der Waals surface area (Å²) < 4.78 is 69.0. The third-order valence-electron chi connectivity index (χ3n) is 21.0. The first kappa shape index (κ1) is 105. The van der Waals surface area contributed by atoms with Gasteiger partial charge in [0.05, 0.1) is 26.4 Å². The van der Waals surface area contributed by atoms with Crippen LogP contribution in [-0.2, 0) is 65.4 Å². The number of rotatable bonds is 86. The number of hydrogen-bond donors (Lipinski definition) is 3. The van der Waals surface area contributed by atoms with Gasteiger partial charge in [-0.05, 0) is 43.4 Å². The molecule has 0 heterocycles. The molecule has 0 aromatic carbocycles. The lowest BCUT2D eigenvalue weighted by atomic mass is 10.00. The van der Waals surface area contributed by atoms with Crippen molar-refractivity contribution in [3.63, 3.8) is 0 Å². The minimum Gasteiger partial charge on any atom is -0.462 e. The highest BCUT2D eigenvalue weighted by molar-refractivity contribution is 7.47. The van der Waals surface area contributed by atoms with Crippen LogP contribution in [0.4, 0.5) is 0 Å². The van der Waals surface area contributed by atoms with Gasteiger partial charge in [0.25, 0.3) is 0 Å². The lowest BCUT2D eigenvalue weighted by Gasteiger charge is -2.21. The van der Waals surface area contributed by atoms with Crippen LogP contribution >= 0.6 is 15.6 Å². The summed E-state index contributed by atoms with van der Waals surface area (Å²) in [5, 5.41) is 10.7. The van der Waals surface area contributed by atoms with Crippen LogP contribution < -0.4 is 0 Å². The Labute approximate surface area is 658 Å². The molecule has 0 rings (SSSR count). The quantitative estimate of drug-likeness (QED) is 0.0222. The van der Waals surface area contributed by atoms with Crippen molar-refractivity contribution in [2.24, 2.45) is 17.8 Å². The van der Waals surface area contributed by atoms with Crippen molar-refractivity contribution < 1.29 is 80.2 Å². The lowest BCUT2D eigenvalue weighted by molar-refractivity contribution is -0.161. The summed E-state index contributed by atoms with van der Waals surface area (Å²) in [5.41, 5.74) is 0. The van der Waals surface area contributed by atoms with Crippen molar-refractivity contribution in [3.05, 3.63) is 0 Å². The second-order valence-electron chi connectivity index (χ2n) is 32.8. The Bertz CT molecular complexity index is 2060. The number of carbonyl (C=O) groups is 4. The smallest absolute Gasteiger partial charge is 0.462 e. The number of esters is 4. The molecule has 3 unspecified atom stereocenters. The van der Waals surface area contributed by atoms with E-state index in [0.29, 0.717) is 25.7 Å². The summed E-state index contributed by atoms with van der Waals surface area (Å²) in [6.45, 7) is 12.0. The Morgan fingerprint density at radius 3 is 0.710 bits per heavy atom. The van der Waals surface area contributed by atoms with E-state index in [-0.39, 0.29) is 25.7 Å². The van der Waals surface area contributed by atoms with Crippen molar-refractivity contribution in [2.75, 3.05) is 39.6 Å². The molecule has 0 fully saturated rings. The number of aliphatic hydroxyl groups excluding tert-OH is 1. The zero-order valence-electron chi connectivity index (χ0n) is 70.6. The molecule has 0 radical (unpaired) electrons. The first-order valence-electron chi connectivity index (χ1n) is 45.4. The molecule has 6 atom stereocenters. The van der Waals surface area contributed by atoms with Gasteiger partial charge in [0.2, 0.25) is 0 Å². The molecular formula is C88H172O17P2. The third kappa shape index (κ3) is 80.5. The van der Waals surface area contributed by atoms with Crippen molar-refractivity contribution in [1.29, 1.82) is 0 Å². The second kappa shape index (κ2) is 78.0. The summed E-state index contributed by atoms with van der Waals surface area (Å²) in [4.78, 5) is 73.3. The Kier molecular flexibility index (Phi) is 76.6. The number of phosphoric acid groups is 2. The molecular weight excluding hydrogens is 1390 g/mol.